The van der Waals surface area contributed by atoms with Crippen LogP contribution in [0.15, 0.2) is 24.3 Å². The first-order chi connectivity index (χ1) is 6.09. The van der Waals surface area contributed by atoms with Crippen molar-refractivity contribution in [1.82, 2.24) is 0 Å². The number of hydrogen-bond donors (Lipinski definition) is 0. The third kappa shape index (κ3) is 3.11. The van der Waals surface area contributed by atoms with E-state index in [1.165, 1.54) is 24.3 Å². The molecule has 1 aromatic rings. The minimum absolute atomic E-state index is 0.180. The van der Waals surface area contributed by atoms with Gasteiger partial charge in [-0.3, -0.25) is 4.79 Å². The average molecular weight is 205 g/mol. The molecule has 1 unspecified atom stereocenters. The Bertz CT molecular complexity index is 314. The van der Waals surface area contributed by atoms with Crippen molar-refractivity contribution in [3.63, 3.8) is 0 Å². The number of benzene rings is 1. The van der Waals surface area contributed by atoms with Crippen molar-refractivity contribution in [2.75, 3.05) is 0 Å². The summed E-state index contributed by atoms with van der Waals surface area (Å²) in [5.74, 6) is -0.452. The van der Waals surface area contributed by atoms with Crippen LogP contribution in [0.4, 0.5) is 8.78 Å². The predicted molar refractivity (Wildman–Crippen MR) is 45.9 cm³/mol. The Balaban J connectivity index is 2.69. The van der Waals surface area contributed by atoms with Gasteiger partial charge in [-0.1, -0.05) is 12.1 Å². The van der Waals surface area contributed by atoms with Gasteiger partial charge < -0.3 is 0 Å². The summed E-state index contributed by atoms with van der Waals surface area (Å²) < 4.78 is 25.3. The number of rotatable bonds is 3. The molecule has 0 amide bonds. The summed E-state index contributed by atoms with van der Waals surface area (Å²) in [6.07, 6.45) is -1.94. The van der Waals surface area contributed by atoms with Crippen molar-refractivity contribution in [3.05, 3.63) is 35.6 Å². The highest BCUT2D eigenvalue weighted by Crippen LogP contribution is 2.10. The second-order valence-electron chi connectivity index (χ2n) is 2.61. The first kappa shape index (κ1) is 10.1. The summed E-state index contributed by atoms with van der Waals surface area (Å²) >= 11 is 4.91. The van der Waals surface area contributed by atoms with E-state index in [1.807, 2.05) is 0 Å². The lowest BCUT2D eigenvalue weighted by molar-refractivity contribution is -0.115. The van der Waals surface area contributed by atoms with Crippen molar-refractivity contribution in [2.24, 2.45) is 0 Å². The lowest BCUT2D eigenvalue weighted by atomic mass is 10.1. The van der Waals surface area contributed by atoms with E-state index in [-0.39, 0.29) is 6.42 Å². The van der Waals surface area contributed by atoms with Crippen LogP contribution in [-0.2, 0) is 11.2 Å². The lowest BCUT2D eigenvalue weighted by Gasteiger charge is -2.02. The standard InChI is InChI=1S/C9H7ClF2O/c10-9(13)8(12)5-6-2-1-3-7(11)4-6/h1-4,8H,5H2. The average Bonchev–Trinajstić information content (AvgIpc) is 2.04. The van der Waals surface area contributed by atoms with Crippen molar-refractivity contribution in [1.29, 1.82) is 0 Å². The van der Waals surface area contributed by atoms with Crippen molar-refractivity contribution in [3.8, 4) is 0 Å². The van der Waals surface area contributed by atoms with Gasteiger partial charge in [0.15, 0.2) is 6.17 Å². The van der Waals surface area contributed by atoms with Crippen LogP contribution >= 0.6 is 11.6 Å². The maximum atomic E-state index is 12.7. The van der Waals surface area contributed by atoms with E-state index in [0.717, 1.165) is 0 Å². The highest BCUT2D eigenvalue weighted by atomic mass is 35.5. The fourth-order valence-corrected chi connectivity index (χ4v) is 1.03. The van der Waals surface area contributed by atoms with Gasteiger partial charge in [-0.2, -0.15) is 0 Å². The zero-order valence-electron chi connectivity index (χ0n) is 6.64. The van der Waals surface area contributed by atoms with E-state index in [2.05, 4.69) is 0 Å². The molecule has 1 aromatic carbocycles. The van der Waals surface area contributed by atoms with Gasteiger partial charge >= 0.3 is 0 Å². The molecule has 13 heavy (non-hydrogen) atoms. The molecule has 0 aliphatic rings. The van der Waals surface area contributed by atoms with Crippen LogP contribution in [0.5, 0.6) is 0 Å². The molecule has 0 aromatic heterocycles. The normalized spacial score (nSPS) is 12.5. The molecule has 0 N–H and O–H groups in total. The summed E-state index contributed by atoms with van der Waals surface area (Å²) in [6.45, 7) is 0. The van der Waals surface area contributed by atoms with Crippen molar-refractivity contribution in [2.45, 2.75) is 12.6 Å². The molecule has 1 nitrogen and oxygen atoms in total. The van der Waals surface area contributed by atoms with Gasteiger partial charge in [0.2, 0.25) is 0 Å². The van der Waals surface area contributed by atoms with Gasteiger partial charge in [-0.15, -0.1) is 0 Å². The van der Waals surface area contributed by atoms with Gasteiger partial charge in [0.1, 0.15) is 5.82 Å². The molecule has 0 aliphatic carbocycles. The highest BCUT2D eigenvalue weighted by Gasteiger charge is 2.14. The predicted octanol–water partition coefficient (Wildman–Crippen LogP) is 2.47. The van der Waals surface area contributed by atoms with E-state index in [0.29, 0.717) is 5.56 Å². The molecule has 0 spiro atoms. The molecule has 4 heteroatoms. The zero-order chi connectivity index (χ0) is 9.84. The summed E-state index contributed by atoms with van der Waals surface area (Å²) in [6, 6.07) is 5.41. The Labute approximate surface area is 79.3 Å². The van der Waals surface area contributed by atoms with Crippen LogP contribution in [0.1, 0.15) is 5.56 Å². The molecular weight excluding hydrogens is 198 g/mol. The van der Waals surface area contributed by atoms with Gasteiger partial charge in [0.25, 0.3) is 5.24 Å². The Kier molecular flexibility index (Phi) is 3.37. The molecule has 0 aliphatic heterocycles. The van der Waals surface area contributed by atoms with Crippen LogP contribution in [0.3, 0.4) is 0 Å². The molecule has 0 radical (unpaired) electrons. The molecule has 0 saturated heterocycles. The quantitative estimate of drug-likeness (QED) is 0.692. The Morgan fingerprint density at radius 1 is 1.54 bits per heavy atom. The molecule has 0 saturated carbocycles. The first-order valence-electron chi connectivity index (χ1n) is 3.67. The van der Waals surface area contributed by atoms with Gasteiger partial charge in [-0.25, -0.2) is 8.78 Å². The van der Waals surface area contributed by atoms with E-state index in [1.54, 1.807) is 0 Å². The van der Waals surface area contributed by atoms with Crippen molar-refractivity contribution < 1.29 is 13.6 Å². The summed E-state index contributed by atoms with van der Waals surface area (Å²) in [5, 5.41) is -1.05. The van der Waals surface area contributed by atoms with Crippen LogP contribution < -0.4 is 0 Å². The number of carbonyl (C=O) groups excluding carboxylic acids is 1. The maximum absolute atomic E-state index is 12.7. The van der Waals surface area contributed by atoms with E-state index in [4.69, 9.17) is 11.6 Å². The van der Waals surface area contributed by atoms with Crippen LogP contribution in [0, 0.1) is 5.82 Å². The molecule has 70 valence electrons. The largest absolute Gasteiger partial charge is 0.278 e. The highest BCUT2D eigenvalue weighted by molar-refractivity contribution is 6.64. The molecule has 1 atom stereocenters. The summed E-state index contributed by atoms with van der Waals surface area (Å²) in [7, 11) is 0. The lowest BCUT2D eigenvalue weighted by Crippen LogP contribution is -2.12. The Morgan fingerprint density at radius 2 is 2.23 bits per heavy atom. The zero-order valence-corrected chi connectivity index (χ0v) is 7.39. The van der Waals surface area contributed by atoms with E-state index in [9.17, 15) is 13.6 Å². The van der Waals surface area contributed by atoms with E-state index >= 15 is 0 Å². The topological polar surface area (TPSA) is 17.1 Å². The Hall–Kier alpha value is -0.960. The van der Waals surface area contributed by atoms with Gasteiger partial charge in [-0.05, 0) is 29.3 Å². The molecule has 0 bridgehead atoms. The van der Waals surface area contributed by atoms with Gasteiger partial charge in [0, 0.05) is 6.42 Å². The minimum atomic E-state index is -1.76. The number of hydrogen-bond acceptors (Lipinski definition) is 1. The van der Waals surface area contributed by atoms with Gasteiger partial charge in [0.05, 0.1) is 0 Å². The number of alkyl halides is 1. The number of carbonyl (C=O) groups is 1. The fraction of sp³-hybridized carbons (Fsp3) is 0.222. The SMILES string of the molecule is O=C(Cl)C(F)Cc1cccc(F)c1. The van der Waals surface area contributed by atoms with Crippen LogP contribution in [0.2, 0.25) is 0 Å². The maximum Gasteiger partial charge on any atom is 0.256 e. The monoisotopic (exact) mass is 204 g/mol. The first-order valence-corrected chi connectivity index (χ1v) is 4.05. The molecular formula is C9H7ClF2O. The minimum Gasteiger partial charge on any atom is -0.278 e. The summed E-state index contributed by atoms with van der Waals surface area (Å²) in [4.78, 5) is 10.3. The second-order valence-corrected chi connectivity index (χ2v) is 2.98. The van der Waals surface area contributed by atoms with E-state index < -0.39 is 17.2 Å². The fourth-order valence-electron chi connectivity index (χ4n) is 0.951. The smallest absolute Gasteiger partial charge is 0.256 e. The molecule has 1 rings (SSSR count). The van der Waals surface area contributed by atoms with Crippen molar-refractivity contribution >= 4 is 16.8 Å². The third-order valence-corrected chi connectivity index (χ3v) is 1.79. The third-order valence-electron chi connectivity index (χ3n) is 1.55. The Morgan fingerprint density at radius 3 is 2.77 bits per heavy atom. The van der Waals surface area contributed by atoms with Crippen LogP contribution in [0.25, 0.3) is 0 Å². The molecule has 0 heterocycles. The molecule has 0 fully saturated rings. The number of halogens is 3. The second kappa shape index (κ2) is 4.33. The summed E-state index contributed by atoms with van der Waals surface area (Å²) in [5.41, 5.74) is 0.418. The van der Waals surface area contributed by atoms with Crippen LogP contribution in [-0.4, -0.2) is 11.4 Å².